The van der Waals surface area contributed by atoms with Crippen molar-refractivity contribution in [2.24, 2.45) is 11.3 Å². The fraction of sp³-hybridized carbons (Fsp3) is 1.00. The predicted molar refractivity (Wildman–Crippen MR) is 55.7 cm³/mol. The largest absolute Gasteiger partial charge is 0.396 e. The molecule has 0 aromatic heterocycles. The van der Waals surface area contributed by atoms with Crippen LogP contribution in [0.5, 0.6) is 0 Å². The average Bonchev–Trinajstić information content (AvgIpc) is 2.84. The molecule has 2 nitrogen and oxygen atoms in total. The van der Waals surface area contributed by atoms with Crippen molar-refractivity contribution >= 4 is 0 Å². The maximum absolute atomic E-state index is 9.11. The van der Waals surface area contributed by atoms with E-state index in [1.807, 2.05) is 0 Å². The Morgan fingerprint density at radius 2 is 1.77 bits per heavy atom. The van der Waals surface area contributed by atoms with Crippen LogP contribution in [0.1, 0.15) is 40.5 Å². The summed E-state index contributed by atoms with van der Waals surface area (Å²) in [6.07, 6.45) is 2.72. The normalized spacial score (nSPS) is 19.2. The fourth-order valence-corrected chi connectivity index (χ4v) is 1.47. The van der Waals surface area contributed by atoms with E-state index in [1.54, 1.807) is 0 Å². The van der Waals surface area contributed by atoms with Gasteiger partial charge in [-0.2, -0.15) is 0 Å². The molecule has 0 aliphatic heterocycles. The lowest BCUT2D eigenvalue weighted by Crippen LogP contribution is -2.46. The van der Waals surface area contributed by atoms with Gasteiger partial charge in [-0.3, -0.25) is 0 Å². The van der Waals surface area contributed by atoms with Gasteiger partial charge in [-0.1, -0.05) is 13.8 Å². The van der Waals surface area contributed by atoms with Crippen molar-refractivity contribution in [2.75, 3.05) is 13.2 Å². The molecule has 1 aliphatic carbocycles. The van der Waals surface area contributed by atoms with E-state index in [4.69, 9.17) is 5.11 Å². The standard InChI is InChI=1S/C11H23NO/c1-10(2,8-13)7-12-11(3,4)9-5-6-9/h9,12-13H,5-8H2,1-4H3. The fourth-order valence-electron chi connectivity index (χ4n) is 1.47. The summed E-state index contributed by atoms with van der Waals surface area (Å²) in [4.78, 5) is 0. The Labute approximate surface area is 81.7 Å². The second-order valence-corrected chi connectivity index (χ2v) is 5.67. The van der Waals surface area contributed by atoms with Gasteiger partial charge in [-0.05, 0) is 32.6 Å². The highest BCUT2D eigenvalue weighted by molar-refractivity contribution is 4.95. The van der Waals surface area contributed by atoms with Crippen LogP contribution < -0.4 is 5.32 Å². The number of rotatable bonds is 5. The first-order valence-electron chi connectivity index (χ1n) is 5.23. The van der Waals surface area contributed by atoms with Gasteiger partial charge in [0.2, 0.25) is 0 Å². The predicted octanol–water partition coefficient (Wildman–Crippen LogP) is 1.78. The molecular weight excluding hydrogens is 162 g/mol. The van der Waals surface area contributed by atoms with Crippen molar-refractivity contribution in [1.29, 1.82) is 0 Å². The van der Waals surface area contributed by atoms with Gasteiger partial charge in [-0.25, -0.2) is 0 Å². The Morgan fingerprint density at radius 1 is 1.23 bits per heavy atom. The van der Waals surface area contributed by atoms with Gasteiger partial charge in [0.05, 0.1) is 0 Å². The summed E-state index contributed by atoms with van der Waals surface area (Å²) in [5.41, 5.74) is 0.263. The molecule has 0 aromatic carbocycles. The maximum atomic E-state index is 9.11. The van der Waals surface area contributed by atoms with Crippen molar-refractivity contribution in [3.05, 3.63) is 0 Å². The highest BCUT2D eigenvalue weighted by Crippen LogP contribution is 2.39. The molecular formula is C11H23NO. The Hall–Kier alpha value is -0.0800. The van der Waals surface area contributed by atoms with Gasteiger partial charge in [0.15, 0.2) is 0 Å². The van der Waals surface area contributed by atoms with Gasteiger partial charge >= 0.3 is 0 Å². The van der Waals surface area contributed by atoms with Crippen molar-refractivity contribution in [3.63, 3.8) is 0 Å². The SMILES string of the molecule is CC(C)(CO)CNC(C)(C)C1CC1. The molecule has 0 saturated heterocycles. The molecule has 0 aromatic rings. The van der Waals surface area contributed by atoms with E-state index in [1.165, 1.54) is 12.8 Å². The summed E-state index contributed by atoms with van der Waals surface area (Å²) < 4.78 is 0. The summed E-state index contributed by atoms with van der Waals surface area (Å²) in [6, 6.07) is 0. The molecule has 0 heterocycles. The smallest absolute Gasteiger partial charge is 0.0494 e. The van der Waals surface area contributed by atoms with Crippen LogP contribution in [0.25, 0.3) is 0 Å². The van der Waals surface area contributed by atoms with Gasteiger partial charge in [0.25, 0.3) is 0 Å². The monoisotopic (exact) mass is 185 g/mol. The topological polar surface area (TPSA) is 32.3 Å². The number of nitrogens with one attached hydrogen (secondary N) is 1. The van der Waals surface area contributed by atoms with Crippen LogP contribution >= 0.6 is 0 Å². The minimum Gasteiger partial charge on any atom is -0.396 e. The molecule has 2 N–H and O–H groups in total. The zero-order chi connectivity index (χ0) is 10.1. The van der Waals surface area contributed by atoms with E-state index >= 15 is 0 Å². The first-order chi connectivity index (χ1) is 5.87. The molecule has 1 saturated carbocycles. The van der Waals surface area contributed by atoms with E-state index in [2.05, 4.69) is 33.0 Å². The van der Waals surface area contributed by atoms with Crippen LogP contribution in [0.4, 0.5) is 0 Å². The van der Waals surface area contributed by atoms with Gasteiger partial charge < -0.3 is 10.4 Å². The van der Waals surface area contributed by atoms with Crippen molar-refractivity contribution in [1.82, 2.24) is 5.32 Å². The van der Waals surface area contributed by atoms with E-state index in [9.17, 15) is 0 Å². The van der Waals surface area contributed by atoms with E-state index < -0.39 is 0 Å². The molecule has 0 bridgehead atoms. The first kappa shape index (κ1) is 11.0. The molecule has 0 radical (unpaired) electrons. The summed E-state index contributed by atoms with van der Waals surface area (Å²) in [5.74, 6) is 0.849. The van der Waals surface area contributed by atoms with Crippen LogP contribution in [0.2, 0.25) is 0 Å². The Balaban J connectivity index is 2.32. The Morgan fingerprint density at radius 3 is 2.15 bits per heavy atom. The highest BCUT2D eigenvalue weighted by Gasteiger charge is 2.38. The summed E-state index contributed by atoms with van der Waals surface area (Å²) in [7, 11) is 0. The lowest BCUT2D eigenvalue weighted by atomic mass is 9.91. The third kappa shape index (κ3) is 3.28. The van der Waals surface area contributed by atoms with Gasteiger partial charge in [-0.15, -0.1) is 0 Å². The zero-order valence-electron chi connectivity index (χ0n) is 9.35. The lowest BCUT2D eigenvalue weighted by Gasteiger charge is -2.32. The van der Waals surface area contributed by atoms with Crippen LogP contribution in [0.3, 0.4) is 0 Å². The summed E-state index contributed by atoms with van der Waals surface area (Å²) >= 11 is 0. The molecule has 1 fully saturated rings. The number of aliphatic hydroxyl groups is 1. The van der Waals surface area contributed by atoms with E-state index in [0.29, 0.717) is 0 Å². The molecule has 0 amide bonds. The van der Waals surface area contributed by atoms with E-state index in [-0.39, 0.29) is 17.6 Å². The molecule has 78 valence electrons. The molecule has 1 rings (SSSR count). The van der Waals surface area contributed by atoms with E-state index in [0.717, 1.165) is 12.5 Å². The van der Waals surface area contributed by atoms with Crippen LogP contribution in [-0.4, -0.2) is 23.8 Å². The second-order valence-electron chi connectivity index (χ2n) is 5.67. The van der Waals surface area contributed by atoms with Crippen molar-refractivity contribution in [3.8, 4) is 0 Å². The molecule has 2 heteroatoms. The molecule has 0 unspecified atom stereocenters. The van der Waals surface area contributed by atoms with Crippen LogP contribution in [0, 0.1) is 11.3 Å². The minimum absolute atomic E-state index is 0.00611. The quantitative estimate of drug-likeness (QED) is 0.684. The second kappa shape index (κ2) is 3.58. The summed E-state index contributed by atoms with van der Waals surface area (Å²) in [5, 5.41) is 12.7. The third-order valence-electron chi connectivity index (χ3n) is 3.05. The number of aliphatic hydroxyl groups excluding tert-OH is 1. The molecule has 13 heavy (non-hydrogen) atoms. The number of hydrogen-bond acceptors (Lipinski definition) is 2. The van der Waals surface area contributed by atoms with Crippen LogP contribution in [0.15, 0.2) is 0 Å². The Kier molecular flexibility index (Phi) is 3.03. The average molecular weight is 185 g/mol. The number of hydrogen-bond donors (Lipinski definition) is 2. The maximum Gasteiger partial charge on any atom is 0.0494 e. The van der Waals surface area contributed by atoms with Crippen LogP contribution in [-0.2, 0) is 0 Å². The molecule has 0 atom stereocenters. The van der Waals surface area contributed by atoms with Crippen molar-refractivity contribution in [2.45, 2.75) is 46.1 Å². The first-order valence-corrected chi connectivity index (χ1v) is 5.23. The minimum atomic E-state index is 0.00611. The van der Waals surface area contributed by atoms with Gasteiger partial charge in [0.1, 0.15) is 0 Å². The third-order valence-corrected chi connectivity index (χ3v) is 3.05. The Bertz CT molecular complexity index is 171. The summed E-state index contributed by atoms with van der Waals surface area (Å²) in [6.45, 7) is 9.84. The van der Waals surface area contributed by atoms with Crippen molar-refractivity contribution < 1.29 is 5.11 Å². The highest BCUT2D eigenvalue weighted by atomic mass is 16.3. The lowest BCUT2D eigenvalue weighted by molar-refractivity contribution is 0.143. The van der Waals surface area contributed by atoms with Gasteiger partial charge in [0, 0.05) is 24.1 Å². The molecule has 0 spiro atoms. The zero-order valence-corrected chi connectivity index (χ0v) is 9.35. The molecule has 1 aliphatic rings.